The lowest BCUT2D eigenvalue weighted by molar-refractivity contribution is -0.688. The lowest BCUT2D eigenvalue weighted by Crippen LogP contribution is -2.40. The van der Waals surface area contributed by atoms with Crippen molar-refractivity contribution in [2.75, 3.05) is 19.0 Å². The van der Waals surface area contributed by atoms with E-state index in [0.717, 1.165) is 16.7 Å². The maximum Gasteiger partial charge on any atom is 0.488 e. The predicted octanol–water partition coefficient (Wildman–Crippen LogP) is 1.94. The van der Waals surface area contributed by atoms with Crippen molar-refractivity contribution in [3.63, 3.8) is 0 Å². The fraction of sp³-hybridized carbons (Fsp3) is 0.136. The van der Waals surface area contributed by atoms with Gasteiger partial charge in [-0.15, -0.1) is 0 Å². The van der Waals surface area contributed by atoms with Gasteiger partial charge in [-0.3, -0.25) is 0 Å². The van der Waals surface area contributed by atoms with E-state index in [0.29, 0.717) is 12.0 Å². The molecule has 1 aromatic heterocycles. The molecule has 5 heteroatoms. The molecule has 0 amide bonds. The van der Waals surface area contributed by atoms with Crippen molar-refractivity contribution < 1.29 is 14.6 Å². The van der Waals surface area contributed by atoms with Crippen LogP contribution in [0.3, 0.4) is 0 Å². The van der Waals surface area contributed by atoms with Gasteiger partial charge in [0.15, 0.2) is 18.9 Å². The summed E-state index contributed by atoms with van der Waals surface area (Å²) in [4.78, 5) is 2.08. The Hall–Kier alpha value is -2.89. The average molecular weight is 359 g/mol. The van der Waals surface area contributed by atoms with Gasteiger partial charge in [-0.1, -0.05) is 48.6 Å². The molecule has 0 unspecified atom stereocenters. The van der Waals surface area contributed by atoms with Crippen LogP contribution in [0.5, 0.6) is 0 Å². The van der Waals surface area contributed by atoms with Crippen molar-refractivity contribution >= 4 is 30.4 Å². The van der Waals surface area contributed by atoms with Crippen LogP contribution >= 0.6 is 0 Å². The summed E-state index contributed by atoms with van der Waals surface area (Å²) < 4.78 is 2.02. The zero-order chi connectivity index (χ0) is 19.2. The molecular weight excluding hydrogens is 335 g/mol. The van der Waals surface area contributed by atoms with Gasteiger partial charge in [0.05, 0.1) is 0 Å². The van der Waals surface area contributed by atoms with Crippen molar-refractivity contribution in [3.05, 3.63) is 89.7 Å². The molecule has 0 saturated heterocycles. The first-order chi connectivity index (χ1) is 13.0. The molecule has 0 radical (unpaired) electrons. The van der Waals surface area contributed by atoms with Crippen LogP contribution in [0.15, 0.2) is 73.1 Å². The summed E-state index contributed by atoms with van der Waals surface area (Å²) in [6.07, 6.45) is 8.17. The predicted molar refractivity (Wildman–Crippen MR) is 112 cm³/mol. The quantitative estimate of drug-likeness (QED) is 0.522. The third kappa shape index (κ3) is 5.06. The Morgan fingerprint density at radius 2 is 1.44 bits per heavy atom. The molecule has 2 aromatic carbocycles. The van der Waals surface area contributed by atoms with E-state index in [-0.39, 0.29) is 0 Å². The summed E-state index contributed by atoms with van der Waals surface area (Å²) >= 11 is 0. The molecule has 0 aliphatic heterocycles. The SMILES string of the molecule is CN(C)c1ccc(C=Cc2cc[n+](Cc3ccccc3B(O)O)cc2)cc1. The number of hydrogen-bond acceptors (Lipinski definition) is 3. The molecule has 2 N–H and O–H groups in total. The number of rotatable bonds is 6. The van der Waals surface area contributed by atoms with Crippen LogP contribution in [0, 0.1) is 0 Å². The second-order valence-corrected chi connectivity index (χ2v) is 6.70. The van der Waals surface area contributed by atoms with Gasteiger partial charge in [-0.25, -0.2) is 4.57 Å². The van der Waals surface area contributed by atoms with Crippen LogP contribution in [0.2, 0.25) is 0 Å². The first-order valence-electron chi connectivity index (χ1n) is 8.91. The molecule has 4 nitrogen and oxygen atoms in total. The Bertz CT molecular complexity index is 904. The van der Waals surface area contributed by atoms with E-state index in [9.17, 15) is 10.0 Å². The van der Waals surface area contributed by atoms with Crippen molar-refractivity contribution in [1.29, 1.82) is 0 Å². The molecule has 1 heterocycles. The maximum atomic E-state index is 9.49. The lowest BCUT2D eigenvalue weighted by atomic mass is 9.77. The van der Waals surface area contributed by atoms with Gasteiger partial charge in [0.25, 0.3) is 0 Å². The highest BCUT2D eigenvalue weighted by molar-refractivity contribution is 6.59. The van der Waals surface area contributed by atoms with Gasteiger partial charge < -0.3 is 14.9 Å². The van der Waals surface area contributed by atoms with Gasteiger partial charge in [-0.2, -0.15) is 0 Å². The Kier molecular flexibility index (Phi) is 6.06. The summed E-state index contributed by atoms with van der Waals surface area (Å²) in [5.41, 5.74) is 4.87. The second-order valence-electron chi connectivity index (χ2n) is 6.70. The number of pyridine rings is 1. The fourth-order valence-electron chi connectivity index (χ4n) is 2.89. The van der Waals surface area contributed by atoms with E-state index in [1.165, 1.54) is 5.69 Å². The molecule has 0 atom stereocenters. The van der Waals surface area contributed by atoms with Crippen LogP contribution in [0.4, 0.5) is 5.69 Å². The van der Waals surface area contributed by atoms with E-state index in [1.54, 1.807) is 6.07 Å². The van der Waals surface area contributed by atoms with Crippen LogP contribution < -0.4 is 14.9 Å². The van der Waals surface area contributed by atoms with E-state index < -0.39 is 7.12 Å². The summed E-state index contributed by atoms with van der Waals surface area (Å²) in [6.45, 7) is 0.587. The van der Waals surface area contributed by atoms with Gasteiger partial charge in [0.1, 0.15) is 0 Å². The Labute approximate surface area is 160 Å². The van der Waals surface area contributed by atoms with Gasteiger partial charge in [-0.05, 0) is 28.7 Å². The van der Waals surface area contributed by atoms with E-state index in [2.05, 4.69) is 41.3 Å². The Morgan fingerprint density at radius 3 is 2.04 bits per heavy atom. The lowest BCUT2D eigenvalue weighted by Gasteiger charge is -2.11. The van der Waals surface area contributed by atoms with Gasteiger partial charge >= 0.3 is 7.12 Å². The molecule has 0 aliphatic carbocycles. The Morgan fingerprint density at radius 1 is 0.852 bits per heavy atom. The molecule has 0 bridgehead atoms. The Balaban J connectivity index is 1.68. The monoisotopic (exact) mass is 359 g/mol. The average Bonchev–Trinajstić information content (AvgIpc) is 2.68. The second kappa shape index (κ2) is 8.67. The smallest absolute Gasteiger partial charge is 0.423 e. The number of hydrogen-bond donors (Lipinski definition) is 2. The van der Waals surface area contributed by atoms with Crippen LogP contribution in [-0.2, 0) is 6.54 Å². The summed E-state index contributed by atoms with van der Waals surface area (Å²) in [7, 11) is 2.61. The third-order valence-electron chi connectivity index (χ3n) is 4.48. The first-order valence-corrected chi connectivity index (χ1v) is 8.91. The highest BCUT2D eigenvalue weighted by Gasteiger charge is 2.17. The molecule has 3 aromatic rings. The minimum atomic E-state index is -1.46. The standard InChI is InChI=1S/C22H24BN2O2/c1-24(2)21-11-9-18(10-12-21)7-8-19-13-15-25(16-14-19)17-20-5-3-4-6-22(20)23(26)27/h3-16,26-27H,17H2,1-2H3/q+1. The number of aromatic nitrogens is 1. The zero-order valence-electron chi connectivity index (χ0n) is 15.7. The van der Waals surface area contributed by atoms with Crippen LogP contribution in [-0.4, -0.2) is 31.3 Å². The molecule has 0 aliphatic rings. The molecule has 27 heavy (non-hydrogen) atoms. The minimum Gasteiger partial charge on any atom is -0.423 e. The van der Waals surface area contributed by atoms with Gasteiger partial charge in [0, 0.05) is 37.5 Å². The molecule has 0 saturated carbocycles. The molecule has 3 rings (SSSR count). The first kappa shape index (κ1) is 18.9. The van der Waals surface area contributed by atoms with E-state index in [1.807, 2.05) is 61.4 Å². The number of nitrogens with zero attached hydrogens (tertiary/aromatic N) is 2. The van der Waals surface area contributed by atoms with Crippen molar-refractivity contribution in [2.24, 2.45) is 0 Å². The molecule has 0 fully saturated rings. The van der Waals surface area contributed by atoms with E-state index in [4.69, 9.17) is 0 Å². The highest BCUT2D eigenvalue weighted by atomic mass is 16.4. The topological polar surface area (TPSA) is 47.6 Å². The fourth-order valence-corrected chi connectivity index (χ4v) is 2.89. The van der Waals surface area contributed by atoms with Crippen LogP contribution in [0.25, 0.3) is 12.2 Å². The number of anilines is 1. The van der Waals surface area contributed by atoms with E-state index >= 15 is 0 Å². The number of benzene rings is 2. The summed E-state index contributed by atoms with van der Waals surface area (Å²) in [5.74, 6) is 0. The minimum absolute atomic E-state index is 0.537. The zero-order valence-corrected chi connectivity index (χ0v) is 15.7. The normalized spacial score (nSPS) is 11.0. The summed E-state index contributed by atoms with van der Waals surface area (Å²) in [6, 6.07) is 19.9. The maximum absolute atomic E-state index is 9.49. The van der Waals surface area contributed by atoms with Gasteiger partial charge in [0.2, 0.25) is 0 Å². The largest absolute Gasteiger partial charge is 0.488 e. The molecule has 136 valence electrons. The third-order valence-corrected chi connectivity index (χ3v) is 4.48. The van der Waals surface area contributed by atoms with Crippen molar-refractivity contribution in [2.45, 2.75) is 6.54 Å². The summed E-state index contributed by atoms with van der Waals surface area (Å²) in [5, 5.41) is 19.0. The molecule has 0 spiro atoms. The van der Waals surface area contributed by atoms with Crippen LogP contribution in [0.1, 0.15) is 16.7 Å². The van der Waals surface area contributed by atoms with Crippen molar-refractivity contribution in [1.82, 2.24) is 0 Å². The highest BCUT2D eigenvalue weighted by Crippen LogP contribution is 2.14. The van der Waals surface area contributed by atoms with Crippen molar-refractivity contribution in [3.8, 4) is 0 Å². The molecular formula is C22H24BN2O2+.